The van der Waals surface area contributed by atoms with Crippen molar-refractivity contribution in [3.05, 3.63) is 86.6 Å². The van der Waals surface area contributed by atoms with Gasteiger partial charge in [-0.3, -0.25) is 9.59 Å². The first-order chi connectivity index (χ1) is 13.4. The molecule has 1 aliphatic rings. The molecule has 3 aromatic rings. The lowest BCUT2D eigenvalue weighted by molar-refractivity contribution is -0.136. The van der Waals surface area contributed by atoms with Gasteiger partial charge in [-0.2, -0.15) is 0 Å². The first-order valence-corrected chi connectivity index (χ1v) is 10.1. The van der Waals surface area contributed by atoms with Gasteiger partial charge in [-0.25, -0.2) is 0 Å². The van der Waals surface area contributed by atoms with Crippen molar-refractivity contribution < 1.29 is 14.7 Å². The summed E-state index contributed by atoms with van der Waals surface area (Å²) in [6.45, 7) is 2.32. The zero-order valence-corrected chi connectivity index (χ0v) is 16.8. The van der Waals surface area contributed by atoms with Crippen LogP contribution in [0, 0.1) is 6.92 Å². The maximum absolute atomic E-state index is 13.3. The lowest BCUT2D eigenvalue weighted by Crippen LogP contribution is -2.41. The number of thiophene rings is 1. The summed E-state index contributed by atoms with van der Waals surface area (Å²) in [5.74, 6) is -0.784. The predicted molar refractivity (Wildman–Crippen MR) is 111 cm³/mol. The normalized spacial score (nSPS) is 18.4. The van der Waals surface area contributed by atoms with Gasteiger partial charge in [-0.1, -0.05) is 54.1 Å². The molecule has 1 aromatic heterocycles. The molecule has 28 heavy (non-hydrogen) atoms. The molecule has 1 atom stereocenters. The predicted octanol–water partition coefficient (Wildman–Crippen LogP) is 4.72. The topological polar surface area (TPSA) is 57.6 Å². The van der Waals surface area contributed by atoms with E-state index in [2.05, 4.69) is 0 Å². The standard InChI is InChI=1S/C22H18ClNO3S/c1-14-6-2-3-7-15(14)13-24-17-9-5-4-8-16(17)22(27,21(24)26)12-18(25)19-10-11-20(23)28-19/h2-11,27H,12-13H2,1H3/t22-/m0/s1. The highest BCUT2D eigenvalue weighted by Crippen LogP contribution is 2.44. The van der Waals surface area contributed by atoms with Crippen molar-refractivity contribution in [1.82, 2.24) is 0 Å². The van der Waals surface area contributed by atoms with E-state index in [1.165, 1.54) is 0 Å². The number of aryl methyl sites for hydroxylation is 1. The molecule has 0 aliphatic carbocycles. The lowest BCUT2D eigenvalue weighted by Gasteiger charge is -2.23. The van der Waals surface area contributed by atoms with Crippen LogP contribution >= 0.6 is 22.9 Å². The van der Waals surface area contributed by atoms with Crippen molar-refractivity contribution >= 4 is 40.3 Å². The molecule has 0 unspecified atom stereocenters. The molecule has 1 aliphatic heterocycles. The van der Waals surface area contributed by atoms with E-state index < -0.39 is 11.5 Å². The van der Waals surface area contributed by atoms with Gasteiger partial charge in [-0.05, 0) is 36.2 Å². The number of hydrogen-bond acceptors (Lipinski definition) is 4. The minimum atomic E-state index is -1.88. The molecule has 2 aromatic carbocycles. The van der Waals surface area contributed by atoms with Crippen molar-refractivity contribution in [2.75, 3.05) is 4.90 Å². The molecule has 4 rings (SSSR count). The van der Waals surface area contributed by atoms with Gasteiger partial charge in [0.25, 0.3) is 5.91 Å². The smallest absolute Gasteiger partial charge is 0.264 e. The van der Waals surface area contributed by atoms with E-state index >= 15 is 0 Å². The number of nitrogens with zero attached hydrogens (tertiary/aromatic N) is 1. The fourth-order valence-electron chi connectivity index (χ4n) is 3.58. The number of hydrogen-bond donors (Lipinski definition) is 1. The molecule has 6 heteroatoms. The Hall–Kier alpha value is -2.47. The highest BCUT2D eigenvalue weighted by Gasteiger charge is 2.50. The van der Waals surface area contributed by atoms with Crippen LogP contribution in [-0.2, 0) is 16.9 Å². The zero-order valence-electron chi connectivity index (χ0n) is 15.2. The van der Waals surface area contributed by atoms with Crippen LogP contribution in [-0.4, -0.2) is 16.8 Å². The SMILES string of the molecule is Cc1ccccc1CN1C(=O)[C@](O)(CC(=O)c2ccc(Cl)s2)c2ccccc21. The van der Waals surface area contributed by atoms with Crippen molar-refractivity contribution in [2.24, 2.45) is 0 Å². The second-order valence-corrected chi connectivity index (χ2v) is 8.61. The van der Waals surface area contributed by atoms with Gasteiger partial charge in [-0.15, -0.1) is 11.3 Å². The van der Waals surface area contributed by atoms with E-state index in [1.54, 1.807) is 35.2 Å². The molecule has 0 saturated carbocycles. The molecular weight excluding hydrogens is 394 g/mol. The average Bonchev–Trinajstić information content (AvgIpc) is 3.20. The zero-order chi connectivity index (χ0) is 19.9. The number of carbonyl (C=O) groups is 2. The second kappa shape index (κ2) is 7.17. The molecule has 2 heterocycles. The molecule has 0 bridgehead atoms. The third-order valence-electron chi connectivity index (χ3n) is 5.09. The highest BCUT2D eigenvalue weighted by molar-refractivity contribution is 7.18. The van der Waals surface area contributed by atoms with Crippen molar-refractivity contribution in [3.8, 4) is 0 Å². The Balaban J connectivity index is 1.70. The van der Waals surface area contributed by atoms with Gasteiger partial charge in [0.15, 0.2) is 11.4 Å². The Kier molecular flexibility index (Phi) is 4.83. The summed E-state index contributed by atoms with van der Waals surface area (Å²) in [7, 11) is 0. The number of Topliss-reactive ketones (excluding diaryl/α,β-unsaturated/α-hetero) is 1. The molecule has 0 radical (unpaired) electrons. The summed E-state index contributed by atoms with van der Waals surface area (Å²) >= 11 is 7.07. The summed E-state index contributed by atoms with van der Waals surface area (Å²) in [5.41, 5.74) is 1.27. The van der Waals surface area contributed by atoms with E-state index in [0.717, 1.165) is 22.5 Å². The number of ketones is 1. The number of amides is 1. The lowest BCUT2D eigenvalue weighted by atomic mass is 9.89. The second-order valence-electron chi connectivity index (χ2n) is 6.90. The van der Waals surface area contributed by atoms with Crippen LogP contribution in [0.25, 0.3) is 0 Å². The first-order valence-electron chi connectivity index (χ1n) is 8.87. The number of aliphatic hydroxyl groups is 1. The number of benzene rings is 2. The maximum atomic E-state index is 13.3. The Morgan fingerprint density at radius 3 is 2.54 bits per heavy atom. The van der Waals surface area contributed by atoms with E-state index in [0.29, 0.717) is 27.0 Å². The third-order valence-corrected chi connectivity index (χ3v) is 6.37. The molecule has 1 N–H and O–H groups in total. The quantitative estimate of drug-likeness (QED) is 0.618. The van der Waals surface area contributed by atoms with Crippen molar-refractivity contribution in [2.45, 2.75) is 25.5 Å². The molecule has 0 fully saturated rings. The van der Waals surface area contributed by atoms with Crippen LogP contribution < -0.4 is 4.90 Å². The Labute approximate surface area is 172 Å². The maximum Gasteiger partial charge on any atom is 0.264 e. The fraction of sp³-hybridized carbons (Fsp3) is 0.182. The van der Waals surface area contributed by atoms with Crippen LogP contribution in [0.2, 0.25) is 4.34 Å². The van der Waals surface area contributed by atoms with Gasteiger partial charge in [0.2, 0.25) is 0 Å². The number of para-hydroxylation sites is 1. The largest absolute Gasteiger partial charge is 0.375 e. The minimum Gasteiger partial charge on any atom is -0.375 e. The van der Waals surface area contributed by atoms with Gasteiger partial charge >= 0.3 is 0 Å². The van der Waals surface area contributed by atoms with Crippen molar-refractivity contribution in [3.63, 3.8) is 0 Å². The van der Waals surface area contributed by atoms with Crippen LogP contribution in [0.4, 0.5) is 5.69 Å². The van der Waals surface area contributed by atoms with E-state index in [4.69, 9.17) is 11.6 Å². The number of carbonyl (C=O) groups excluding carboxylic acids is 2. The molecule has 142 valence electrons. The van der Waals surface area contributed by atoms with Gasteiger partial charge < -0.3 is 10.0 Å². The van der Waals surface area contributed by atoms with Gasteiger partial charge in [0, 0.05) is 5.56 Å². The summed E-state index contributed by atoms with van der Waals surface area (Å²) in [6, 6.07) is 18.2. The molecule has 0 spiro atoms. The summed E-state index contributed by atoms with van der Waals surface area (Å²) < 4.78 is 0.495. The summed E-state index contributed by atoms with van der Waals surface area (Å²) in [6.07, 6.45) is -0.316. The van der Waals surface area contributed by atoms with Crippen LogP contribution in [0.5, 0.6) is 0 Å². The minimum absolute atomic E-state index is 0.305. The molecule has 1 amide bonds. The average molecular weight is 412 g/mol. The fourth-order valence-corrected chi connectivity index (χ4v) is 4.56. The molecular formula is C22H18ClNO3S. The third kappa shape index (κ3) is 3.15. The number of halogens is 1. The summed E-state index contributed by atoms with van der Waals surface area (Å²) in [4.78, 5) is 28.0. The molecule has 4 nitrogen and oxygen atoms in total. The monoisotopic (exact) mass is 411 g/mol. The van der Waals surface area contributed by atoms with Crippen LogP contribution in [0.15, 0.2) is 60.7 Å². The van der Waals surface area contributed by atoms with Crippen LogP contribution in [0.1, 0.15) is 32.8 Å². The van der Waals surface area contributed by atoms with Gasteiger partial charge in [0.1, 0.15) is 0 Å². The Morgan fingerprint density at radius 1 is 1.11 bits per heavy atom. The summed E-state index contributed by atoms with van der Waals surface area (Å²) in [5, 5.41) is 11.3. The molecule has 0 saturated heterocycles. The number of rotatable bonds is 5. The van der Waals surface area contributed by atoms with Gasteiger partial charge in [0.05, 0.1) is 27.9 Å². The Bertz CT molecular complexity index is 1080. The van der Waals surface area contributed by atoms with Crippen LogP contribution in [0.3, 0.4) is 0 Å². The first kappa shape index (κ1) is 18.9. The van der Waals surface area contributed by atoms with E-state index in [9.17, 15) is 14.7 Å². The Morgan fingerprint density at radius 2 is 1.82 bits per heavy atom. The number of anilines is 1. The number of fused-ring (bicyclic) bond motifs is 1. The van der Waals surface area contributed by atoms with Crippen molar-refractivity contribution in [1.29, 1.82) is 0 Å². The van der Waals surface area contributed by atoms with E-state index in [-0.39, 0.29) is 12.2 Å². The highest BCUT2D eigenvalue weighted by atomic mass is 35.5. The van der Waals surface area contributed by atoms with E-state index in [1.807, 2.05) is 37.3 Å².